The predicted octanol–water partition coefficient (Wildman–Crippen LogP) is 2.86. The first-order valence-electron chi connectivity index (χ1n) is 13.6. The molecule has 2 aliphatic heterocycles. The van der Waals surface area contributed by atoms with Crippen molar-refractivity contribution < 1.29 is 14.3 Å². The molecule has 5 rings (SSSR count). The molecule has 8 heteroatoms. The molecule has 0 radical (unpaired) electrons. The molecule has 4 aliphatic rings. The van der Waals surface area contributed by atoms with Gasteiger partial charge in [0, 0.05) is 51.0 Å². The summed E-state index contributed by atoms with van der Waals surface area (Å²) in [5, 5.41) is 7.09. The summed E-state index contributed by atoms with van der Waals surface area (Å²) in [6.07, 6.45) is 8.56. The number of rotatable bonds is 8. The number of piperidine rings is 1. The number of hydrogen-bond donors (Lipinski definition) is 2. The van der Waals surface area contributed by atoms with Crippen molar-refractivity contribution >= 4 is 17.5 Å². The van der Waals surface area contributed by atoms with Crippen molar-refractivity contribution in [3.05, 3.63) is 23.5 Å². The Hall–Kier alpha value is -2.19. The monoisotopic (exact) mass is 483 g/mol. The second kappa shape index (κ2) is 10.8. The molecule has 2 aliphatic carbocycles. The quantitative estimate of drug-likeness (QED) is 0.591. The summed E-state index contributed by atoms with van der Waals surface area (Å²) >= 11 is 0. The third-order valence-corrected chi connectivity index (χ3v) is 7.89. The first-order chi connectivity index (χ1) is 17.0. The van der Waals surface area contributed by atoms with Crippen LogP contribution in [0.4, 0.5) is 5.69 Å². The number of morpholine rings is 1. The zero-order chi connectivity index (χ0) is 24.4. The summed E-state index contributed by atoms with van der Waals surface area (Å²) in [7, 11) is 0. The molecule has 35 heavy (non-hydrogen) atoms. The SMILES string of the molecule is CC(C)CN(C(=O)c1ncc(C2CC2)cc1NC1CCC1)C1CNCC(C(=O)N2CCOCC2)C1. The minimum atomic E-state index is -0.118. The van der Waals surface area contributed by atoms with Crippen LogP contribution in [0.3, 0.4) is 0 Å². The molecule has 2 atom stereocenters. The topological polar surface area (TPSA) is 86.8 Å². The van der Waals surface area contributed by atoms with Gasteiger partial charge in [-0.05, 0) is 62.0 Å². The molecule has 2 unspecified atom stereocenters. The molecule has 2 saturated carbocycles. The van der Waals surface area contributed by atoms with Gasteiger partial charge in [0.1, 0.15) is 0 Å². The Morgan fingerprint density at radius 3 is 2.63 bits per heavy atom. The summed E-state index contributed by atoms with van der Waals surface area (Å²) in [5.74, 6) is 0.959. The number of amides is 2. The maximum atomic E-state index is 14.0. The fourth-order valence-electron chi connectivity index (χ4n) is 5.49. The van der Waals surface area contributed by atoms with E-state index in [9.17, 15) is 9.59 Å². The maximum absolute atomic E-state index is 14.0. The van der Waals surface area contributed by atoms with Crippen LogP contribution >= 0.6 is 0 Å². The lowest BCUT2D eigenvalue weighted by atomic mass is 9.91. The van der Waals surface area contributed by atoms with E-state index in [1.807, 2.05) is 16.0 Å². The predicted molar refractivity (Wildman–Crippen MR) is 136 cm³/mol. The molecule has 1 aromatic rings. The van der Waals surface area contributed by atoms with Crippen LogP contribution in [0.25, 0.3) is 0 Å². The number of carbonyl (C=O) groups excluding carboxylic acids is 2. The van der Waals surface area contributed by atoms with Crippen LogP contribution in [0, 0.1) is 11.8 Å². The van der Waals surface area contributed by atoms with Crippen molar-refractivity contribution in [3.8, 4) is 0 Å². The first-order valence-corrected chi connectivity index (χ1v) is 13.6. The van der Waals surface area contributed by atoms with E-state index in [-0.39, 0.29) is 23.8 Å². The number of nitrogens with one attached hydrogen (secondary N) is 2. The van der Waals surface area contributed by atoms with Gasteiger partial charge in [-0.1, -0.05) is 13.8 Å². The van der Waals surface area contributed by atoms with Gasteiger partial charge in [-0.15, -0.1) is 0 Å². The third-order valence-electron chi connectivity index (χ3n) is 7.89. The molecule has 2 saturated heterocycles. The number of ether oxygens (including phenoxy) is 1. The minimum Gasteiger partial charge on any atom is -0.380 e. The fraction of sp³-hybridized carbons (Fsp3) is 0.741. The Morgan fingerprint density at radius 2 is 1.97 bits per heavy atom. The van der Waals surface area contributed by atoms with Gasteiger partial charge in [0.2, 0.25) is 5.91 Å². The highest BCUT2D eigenvalue weighted by Crippen LogP contribution is 2.41. The largest absolute Gasteiger partial charge is 0.380 e. The van der Waals surface area contributed by atoms with Crippen LogP contribution in [0.1, 0.15) is 74.3 Å². The van der Waals surface area contributed by atoms with Crippen molar-refractivity contribution in [1.82, 2.24) is 20.1 Å². The van der Waals surface area contributed by atoms with Crippen molar-refractivity contribution in [2.75, 3.05) is 51.3 Å². The highest BCUT2D eigenvalue weighted by atomic mass is 16.5. The smallest absolute Gasteiger partial charge is 0.274 e. The summed E-state index contributed by atoms with van der Waals surface area (Å²) in [5.41, 5.74) is 2.67. The number of aromatic nitrogens is 1. The average molecular weight is 484 g/mol. The Labute approximate surface area is 209 Å². The number of anilines is 1. The van der Waals surface area contributed by atoms with Gasteiger partial charge >= 0.3 is 0 Å². The van der Waals surface area contributed by atoms with Crippen molar-refractivity contribution in [2.45, 2.75) is 70.4 Å². The molecule has 192 valence electrons. The highest BCUT2D eigenvalue weighted by molar-refractivity contribution is 5.98. The fourth-order valence-corrected chi connectivity index (χ4v) is 5.49. The molecule has 1 aromatic heterocycles. The van der Waals surface area contributed by atoms with Crippen LogP contribution in [0.5, 0.6) is 0 Å². The van der Waals surface area contributed by atoms with E-state index in [1.165, 1.54) is 24.8 Å². The highest BCUT2D eigenvalue weighted by Gasteiger charge is 2.37. The van der Waals surface area contributed by atoms with E-state index >= 15 is 0 Å². The number of nitrogens with zero attached hydrogens (tertiary/aromatic N) is 3. The van der Waals surface area contributed by atoms with Crippen LogP contribution in [0.2, 0.25) is 0 Å². The zero-order valence-electron chi connectivity index (χ0n) is 21.3. The number of hydrogen-bond acceptors (Lipinski definition) is 6. The summed E-state index contributed by atoms with van der Waals surface area (Å²) in [6.45, 7) is 8.83. The van der Waals surface area contributed by atoms with Gasteiger partial charge < -0.3 is 25.2 Å². The first kappa shape index (κ1) is 24.5. The van der Waals surface area contributed by atoms with E-state index in [1.54, 1.807) is 0 Å². The second-order valence-corrected chi connectivity index (χ2v) is 11.2. The van der Waals surface area contributed by atoms with Crippen molar-refractivity contribution in [1.29, 1.82) is 0 Å². The molecule has 8 nitrogen and oxygen atoms in total. The van der Waals surface area contributed by atoms with E-state index in [4.69, 9.17) is 9.72 Å². The van der Waals surface area contributed by atoms with Crippen LogP contribution < -0.4 is 10.6 Å². The standard InChI is InChI=1S/C27H41N5O3/c1-18(2)17-32(23-12-21(14-28-16-23)26(33)31-8-10-35-11-9-31)27(34)25-24(30-22-4-3-5-22)13-20(15-29-25)19-6-7-19/h13,15,18-19,21-23,28,30H,3-12,14,16-17H2,1-2H3. The van der Waals surface area contributed by atoms with Crippen LogP contribution in [-0.2, 0) is 9.53 Å². The Balaban J connectivity index is 1.35. The second-order valence-electron chi connectivity index (χ2n) is 11.2. The van der Waals surface area contributed by atoms with Gasteiger partial charge in [-0.25, -0.2) is 4.98 Å². The van der Waals surface area contributed by atoms with Crippen molar-refractivity contribution in [3.63, 3.8) is 0 Å². The summed E-state index contributed by atoms with van der Waals surface area (Å²) < 4.78 is 5.42. The van der Waals surface area contributed by atoms with Crippen molar-refractivity contribution in [2.24, 2.45) is 11.8 Å². The van der Waals surface area contributed by atoms with E-state index in [0.717, 1.165) is 18.5 Å². The van der Waals surface area contributed by atoms with Gasteiger partial charge in [0.05, 0.1) is 24.8 Å². The molecule has 0 bridgehead atoms. The zero-order valence-corrected chi connectivity index (χ0v) is 21.3. The molecule has 0 aromatic carbocycles. The lowest BCUT2D eigenvalue weighted by Crippen LogP contribution is -2.56. The Kier molecular flexibility index (Phi) is 7.58. The molecule has 3 heterocycles. The third kappa shape index (κ3) is 5.80. The summed E-state index contributed by atoms with van der Waals surface area (Å²) in [6, 6.07) is 2.58. The minimum absolute atomic E-state index is 0.0193. The molecule has 0 spiro atoms. The van der Waals surface area contributed by atoms with Crippen LogP contribution in [0.15, 0.2) is 12.3 Å². The molecule has 2 amide bonds. The van der Waals surface area contributed by atoms with E-state index in [2.05, 4.69) is 30.5 Å². The molecular formula is C27H41N5O3. The lowest BCUT2D eigenvalue weighted by Gasteiger charge is -2.40. The van der Waals surface area contributed by atoms with Gasteiger partial charge in [-0.2, -0.15) is 0 Å². The lowest BCUT2D eigenvalue weighted by molar-refractivity contribution is -0.140. The Bertz CT molecular complexity index is 908. The van der Waals surface area contributed by atoms with E-state index in [0.29, 0.717) is 75.9 Å². The molecule has 4 fully saturated rings. The van der Waals surface area contributed by atoms with E-state index < -0.39 is 0 Å². The van der Waals surface area contributed by atoms with Gasteiger partial charge in [0.15, 0.2) is 5.69 Å². The van der Waals surface area contributed by atoms with Crippen LogP contribution in [-0.4, -0.2) is 84.6 Å². The maximum Gasteiger partial charge on any atom is 0.274 e. The Morgan fingerprint density at radius 1 is 1.20 bits per heavy atom. The van der Waals surface area contributed by atoms with Gasteiger partial charge in [-0.3, -0.25) is 9.59 Å². The number of pyridine rings is 1. The normalized spacial score (nSPS) is 25.3. The molecular weight excluding hydrogens is 442 g/mol. The summed E-state index contributed by atoms with van der Waals surface area (Å²) in [4.78, 5) is 35.9. The van der Waals surface area contributed by atoms with Gasteiger partial charge in [0.25, 0.3) is 5.91 Å². The number of carbonyl (C=O) groups is 2. The molecule has 2 N–H and O–H groups in total. The average Bonchev–Trinajstić information content (AvgIpc) is 3.70.